The summed E-state index contributed by atoms with van der Waals surface area (Å²) in [6.45, 7) is 2.18. The molecule has 1 aromatic heterocycles. The number of rotatable bonds is 4. The molecule has 112 valence electrons. The summed E-state index contributed by atoms with van der Waals surface area (Å²) < 4.78 is 24.3. The van der Waals surface area contributed by atoms with Gasteiger partial charge >= 0.3 is 0 Å². The van der Waals surface area contributed by atoms with E-state index in [0.717, 1.165) is 30.2 Å². The van der Waals surface area contributed by atoms with Crippen molar-refractivity contribution in [3.63, 3.8) is 0 Å². The van der Waals surface area contributed by atoms with Gasteiger partial charge in [-0.3, -0.25) is 0 Å². The highest BCUT2D eigenvalue weighted by Gasteiger charge is 2.41. The summed E-state index contributed by atoms with van der Waals surface area (Å²) in [4.78, 5) is 3.98. The van der Waals surface area contributed by atoms with Gasteiger partial charge in [-0.15, -0.1) is 0 Å². The second-order valence-corrected chi connectivity index (χ2v) is 5.92. The van der Waals surface area contributed by atoms with Crippen molar-refractivity contribution >= 4 is 13.3 Å². The number of ether oxygens (including phenoxy) is 2. The van der Waals surface area contributed by atoms with Crippen LogP contribution in [0.15, 0.2) is 24.4 Å². The Kier molecular flexibility index (Phi) is 3.59. The molecule has 22 heavy (non-hydrogen) atoms. The summed E-state index contributed by atoms with van der Waals surface area (Å²) in [5.74, 6) is 0.661. The molecule has 0 saturated heterocycles. The highest BCUT2D eigenvalue weighted by atomic mass is 19.1. The number of benzene rings is 1. The summed E-state index contributed by atoms with van der Waals surface area (Å²) in [5, 5.41) is 0. The van der Waals surface area contributed by atoms with Crippen molar-refractivity contribution in [2.45, 2.75) is 25.2 Å². The Hall–Kier alpha value is -2.04. The molecule has 1 fully saturated rings. The summed E-state index contributed by atoms with van der Waals surface area (Å²) in [6, 6.07) is 5.18. The van der Waals surface area contributed by atoms with Crippen LogP contribution in [0.2, 0.25) is 0 Å². The minimum Gasteiger partial charge on any atom is -0.497 e. The monoisotopic (exact) mass is 297 g/mol. The van der Waals surface area contributed by atoms with E-state index in [2.05, 4.69) is 11.9 Å². The van der Waals surface area contributed by atoms with Gasteiger partial charge in [0.05, 0.1) is 20.4 Å². The molecule has 0 atom stereocenters. The summed E-state index contributed by atoms with van der Waals surface area (Å²) >= 11 is 0. The fourth-order valence-electron chi connectivity index (χ4n) is 2.74. The standard InChI is InChI=1S/C17H17BFNO2/c1-17(4-5-17)13-6-10(7-14(18)15(13)21-2)12-8-11(19)9-20-16(12)22-3/h6-9H,4-5H2,1-3H3. The molecule has 0 spiro atoms. The van der Waals surface area contributed by atoms with Gasteiger partial charge in [0.15, 0.2) is 0 Å². The maximum Gasteiger partial charge on any atom is 0.221 e. The lowest BCUT2D eigenvalue weighted by atomic mass is 9.84. The molecular weight excluding hydrogens is 280 g/mol. The molecule has 2 aromatic rings. The van der Waals surface area contributed by atoms with Crippen LogP contribution in [0.3, 0.4) is 0 Å². The third-order valence-corrected chi connectivity index (χ3v) is 4.29. The molecule has 2 radical (unpaired) electrons. The number of nitrogens with zero attached hydrogens (tertiary/aromatic N) is 1. The van der Waals surface area contributed by atoms with Gasteiger partial charge in [0.25, 0.3) is 0 Å². The zero-order valence-corrected chi connectivity index (χ0v) is 12.9. The quantitative estimate of drug-likeness (QED) is 0.813. The Balaban J connectivity index is 2.20. The number of pyridine rings is 1. The van der Waals surface area contributed by atoms with E-state index < -0.39 is 5.82 Å². The van der Waals surface area contributed by atoms with Gasteiger partial charge in [0.2, 0.25) is 5.88 Å². The van der Waals surface area contributed by atoms with Crippen molar-refractivity contribution in [3.05, 3.63) is 35.8 Å². The van der Waals surface area contributed by atoms with Gasteiger partial charge in [-0.05, 0) is 36.0 Å². The zero-order valence-electron chi connectivity index (χ0n) is 12.9. The number of hydrogen-bond acceptors (Lipinski definition) is 3. The van der Waals surface area contributed by atoms with Crippen molar-refractivity contribution in [2.24, 2.45) is 0 Å². The topological polar surface area (TPSA) is 31.4 Å². The number of aromatic nitrogens is 1. The van der Waals surface area contributed by atoms with E-state index in [-0.39, 0.29) is 5.41 Å². The second kappa shape index (κ2) is 5.31. The Bertz CT molecular complexity index is 729. The molecule has 3 rings (SSSR count). The van der Waals surface area contributed by atoms with Crippen LogP contribution < -0.4 is 14.9 Å². The molecular formula is C17H17BFNO2. The van der Waals surface area contributed by atoms with E-state index in [1.54, 1.807) is 13.2 Å². The van der Waals surface area contributed by atoms with Crippen LogP contribution in [0.1, 0.15) is 25.3 Å². The van der Waals surface area contributed by atoms with E-state index >= 15 is 0 Å². The highest BCUT2D eigenvalue weighted by Crippen LogP contribution is 2.51. The summed E-state index contributed by atoms with van der Waals surface area (Å²) in [7, 11) is 9.27. The van der Waals surface area contributed by atoms with Gasteiger partial charge < -0.3 is 9.47 Å². The first-order valence-electron chi connectivity index (χ1n) is 7.16. The van der Waals surface area contributed by atoms with Crippen LogP contribution in [0, 0.1) is 5.82 Å². The second-order valence-electron chi connectivity index (χ2n) is 5.92. The Morgan fingerprint density at radius 3 is 2.50 bits per heavy atom. The van der Waals surface area contributed by atoms with Gasteiger partial charge in [-0.25, -0.2) is 9.37 Å². The molecule has 1 aromatic carbocycles. The molecule has 1 aliphatic rings. The molecule has 0 N–H and O–H groups in total. The first-order valence-corrected chi connectivity index (χ1v) is 7.16. The molecule has 0 unspecified atom stereocenters. The largest absolute Gasteiger partial charge is 0.497 e. The van der Waals surface area contributed by atoms with Crippen molar-refractivity contribution in [1.82, 2.24) is 4.98 Å². The third-order valence-electron chi connectivity index (χ3n) is 4.29. The van der Waals surface area contributed by atoms with Crippen LogP contribution in [0.5, 0.6) is 11.6 Å². The number of methoxy groups -OCH3 is 2. The average molecular weight is 297 g/mol. The molecule has 1 heterocycles. The Morgan fingerprint density at radius 2 is 1.91 bits per heavy atom. The number of halogens is 1. The molecule has 1 saturated carbocycles. The van der Waals surface area contributed by atoms with Gasteiger partial charge in [-0.1, -0.05) is 18.5 Å². The van der Waals surface area contributed by atoms with Crippen molar-refractivity contribution < 1.29 is 13.9 Å². The summed E-state index contributed by atoms with van der Waals surface area (Å²) in [5.41, 5.74) is 3.03. The van der Waals surface area contributed by atoms with E-state index in [1.807, 2.05) is 6.07 Å². The van der Waals surface area contributed by atoms with Gasteiger partial charge in [-0.2, -0.15) is 0 Å². The fraction of sp³-hybridized carbons (Fsp3) is 0.353. The Labute approximate surface area is 130 Å². The fourth-order valence-corrected chi connectivity index (χ4v) is 2.74. The molecule has 5 heteroatoms. The average Bonchev–Trinajstić information content (AvgIpc) is 3.25. The minimum atomic E-state index is -0.413. The first kappa shape index (κ1) is 14.9. The lowest BCUT2D eigenvalue weighted by Crippen LogP contribution is -2.15. The predicted molar refractivity (Wildman–Crippen MR) is 84.7 cm³/mol. The van der Waals surface area contributed by atoms with Gasteiger partial charge in [0, 0.05) is 11.1 Å². The van der Waals surface area contributed by atoms with E-state index in [0.29, 0.717) is 22.7 Å². The lowest BCUT2D eigenvalue weighted by molar-refractivity contribution is 0.397. The molecule has 3 nitrogen and oxygen atoms in total. The van der Waals surface area contributed by atoms with Crippen LogP contribution in [0.4, 0.5) is 4.39 Å². The van der Waals surface area contributed by atoms with Crippen molar-refractivity contribution in [2.75, 3.05) is 14.2 Å². The van der Waals surface area contributed by atoms with Gasteiger partial charge in [0.1, 0.15) is 19.4 Å². The van der Waals surface area contributed by atoms with Crippen molar-refractivity contribution in [1.29, 1.82) is 0 Å². The van der Waals surface area contributed by atoms with E-state index in [4.69, 9.17) is 17.3 Å². The predicted octanol–water partition coefficient (Wildman–Crippen LogP) is 2.75. The lowest BCUT2D eigenvalue weighted by Gasteiger charge is -2.19. The smallest absolute Gasteiger partial charge is 0.221 e. The number of hydrogen-bond donors (Lipinski definition) is 0. The highest BCUT2D eigenvalue weighted by molar-refractivity contribution is 6.34. The van der Waals surface area contributed by atoms with Crippen LogP contribution in [-0.2, 0) is 5.41 Å². The third kappa shape index (κ3) is 2.45. The molecule has 0 bridgehead atoms. The van der Waals surface area contributed by atoms with Crippen LogP contribution in [0.25, 0.3) is 11.1 Å². The first-order chi connectivity index (χ1) is 10.5. The van der Waals surface area contributed by atoms with Crippen LogP contribution >= 0.6 is 0 Å². The SMILES string of the molecule is [B]c1cc(-c2cc(F)cnc2OC)cc(C2(C)CC2)c1OC. The molecule has 0 amide bonds. The van der Waals surface area contributed by atoms with E-state index in [9.17, 15) is 4.39 Å². The zero-order chi connectivity index (χ0) is 15.9. The maximum absolute atomic E-state index is 13.6. The normalized spacial score (nSPS) is 15.5. The minimum absolute atomic E-state index is 0.0729. The van der Waals surface area contributed by atoms with Crippen LogP contribution in [-0.4, -0.2) is 27.0 Å². The van der Waals surface area contributed by atoms with Crippen molar-refractivity contribution in [3.8, 4) is 22.8 Å². The maximum atomic E-state index is 13.6. The van der Waals surface area contributed by atoms with E-state index in [1.165, 1.54) is 13.2 Å². The molecule has 1 aliphatic carbocycles. The summed E-state index contributed by atoms with van der Waals surface area (Å²) in [6.07, 6.45) is 3.31. The molecule has 0 aliphatic heterocycles. The Morgan fingerprint density at radius 1 is 1.18 bits per heavy atom.